The maximum Gasteiger partial charge on any atom is 0.408 e. The Morgan fingerprint density at radius 2 is 1.55 bits per heavy atom. The molecule has 4 N–H and O–H groups in total. The monoisotopic (exact) mass is 597 g/mol. The molecule has 8 nitrogen and oxygen atoms in total. The minimum Gasteiger partial charge on any atom is -0.456 e. The maximum atomic E-state index is 14.2. The first-order chi connectivity index (χ1) is 19.7. The van der Waals surface area contributed by atoms with Crippen LogP contribution in [0.5, 0.6) is 0 Å². The van der Waals surface area contributed by atoms with Crippen LogP contribution in [0.4, 0.5) is 4.79 Å². The zero-order valence-electron chi connectivity index (χ0n) is 25.8. The van der Waals surface area contributed by atoms with Gasteiger partial charge in [0.25, 0.3) is 0 Å². The van der Waals surface area contributed by atoms with Crippen LogP contribution in [0.15, 0.2) is 36.4 Å². The Hall–Kier alpha value is -3.20. The molecule has 0 aromatic heterocycles. The molecular formula is C33H44ClN3O5. The summed E-state index contributed by atoms with van der Waals surface area (Å²) in [5.74, 6) is -1.10. The highest BCUT2D eigenvalue weighted by atomic mass is 35.5. The van der Waals surface area contributed by atoms with Crippen LogP contribution < -0.4 is 16.4 Å². The van der Waals surface area contributed by atoms with Gasteiger partial charge in [-0.2, -0.15) is 0 Å². The van der Waals surface area contributed by atoms with E-state index in [-0.39, 0.29) is 11.1 Å². The molecule has 3 aromatic carbocycles. The first-order valence-electron chi connectivity index (χ1n) is 14.5. The van der Waals surface area contributed by atoms with Gasteiger partial charge in [0.05, 0.1) is 16.6 Å². The lowest BCUT2D eigenvalue weighted by atomic mass is 9.88. The van der Waals surface area contributed by atoms with Crippen LogP contribution in [0.25, 0.3) is 21.5 Å². The van der Waals surface area contributed by atoms with Gasteiger partial charge < -0.3 is 25.8 Å². The average Bonchev–Trinajstić information content (AvgIpc) is 2.89. The van der Waals surface area contributed by atoms with Gasteiger partial charge in [-0.05, 0) is 96.3 Å². The molecule has 0 bridgehead atoms. The Bertz CT molecular complexity index is 1460. The van der Waals surface area contributed by atoms with Gasteiger partial charge in [-0.25, -0.2) is 9.59 Å². The number of carbonyl (C=O) groups excluding carboxylic acids is 3. The summed E-state index contributed by atoms with van der Waals surface area (Å²) in [6.45, 7) is 14.3. The second-order valence-electron chi connectivity index (χ2n) is 12.4. The summed E-state index contributed by atoms with van der Waals surface area (Å²) < 4.78 is 11.3. The van der Waals surface area contributed by atoms with Crippen molar-refractivity contribution in [3.05, 3.63) is 58.1 Å². The Morgan fingerprint density at radius 1 is 0.905 bits per heavy atom. The number of esters is 1. The van der Waals surface area contributed by atoms with Crippen molar-refractivity contribution in [2.24, 2.45) is 5.73 Å². The van der Waals surface area contributed by atoms with Crippen molar-refractivity contribution in [1.29, 1.82) is 0 Å². The Morgan fingerprint density at radius 3 is 2.14 bits per heavy atom. The number of hydrogen-bond acceptors (Lipinski definition) is 7. The molecule has 9 heteroatoms. The van der Waals surface area contributed by atoms with Gasteiger partial charge in [0.2, 0.25) is 0 Å². The maximum absolute atomic E-state index is 14.2. The first kappa shape index (κ1) is 33.3. The molecule has 0 radical (unpaired) electrons. The van der Waals surface area contributed by atoms with E-state index in [1.807, 2.05) is 37.3 Å². The molecule has 1 atom stereocenters. The summed E-state index contributed by atoms with van der Waals surface area (Å²) in [5, 5.41) is 9.38. The molecule has 0 spiro atoms. The number of carbonyl (C=O) groups is 3. The van der Waals surface area contributed by atoms with Crippen molar-refractivity contribution < 1.29 is 23.9 Å². The molecule has 0 fully saturated rings. The zero-order chi connectivity index (χ0) is 31.2. The normalized spacial score (nSPS) is 12.8. The number of nitrogens with one attached hydrogen (secondary N) is 2. The van der Waals surface area contributed by atoms with Crippen molar-refractivity contribution in [2.45, 2.75) is 91.5 Å². The zero-order valence-corrected chi connectivity index (χ0v) is 26.5. The predicted molar refractivity (Wildman–Crippen MR) is 169 cm³/mol. The van der Waals surface area contributed by atoms with Gasteiger partial charge in [0, 0.05) is 22.9 Å². The smallest absolute Gasteiger partial charge is 0.408 e. The van der Waals surface area contributed by atoms with E-state index in [2.05, 4.69) is 10.6 Å². The molecular weight excluding hydrogens is 554 g/mol. The number of amides is 1. The molecule has 0 aliphatic rings. The SMILES string of the molecule is CCNCc1c2ccccc2c(Cl)c2c(C(=O)OC(C)(C)C)c(C(=O)[C@H](CCCCN)NC(=O)OC(C)(C)C)ccc12. The summed E-state index contributed by atoms with van der Waals surface area (Å²) in [6.07, 6.45) is 0.862. The lowest BCUT2D eigenvalue weighted by Crippen LogP contribution is -2.44. The second-order valence-corrected chi connectivity index (χ2v) is 12.8. The molecule has 1 amide bonds. The van der Waals surface area contributed by atoms with Gasteiger partial charge >= 0.3 is 12.1 Å². The molecule has 3 aromatic rings. The number of ether oxygens (including phenoxy) is 2. The van der Waals surface area contributed by atoms with E-state index in [9.17, 15) is 14.4 Å². The van der Waals surface area contributed by atoms with Gasteiger partial charge in [-0.3, -0.25) is 4.79 Å². The van der Waals surface area contributed by atoms with E-state index in [0.717, 1.165) is 28.3 Å². The fourth-order valence-corrected chi connectivity index (χ4v) is 5.25. The highest BCUT2D eigenvalue weighted by Crippen LogP contribution is 2.40. The van der Waals surface area contributed by atoms with E-state index >= 15 is 0 Å². The first-order valence-corrected chi connectivity index (χ1v) is 14.9. The Balaban J connectivity index is 2.30. The van der Waals surface area contributed by atoms with Crippen LogP contribution in [-0.2, 0) is 16.0 Å². The molecule has 42 heavy (non-hydrogen) atoms. The van der Waals surface area contributed by atoms with Crippen molar-refractivity contribution in [3.63, 3.8) is 0 Å². The van der Waals surface area contributed by atoms with Crippen molar-refractivity contribution in [3.8, 4) is 0 Å². The molecule has 0 saturated heterocycles. The predicted octanol–water partition coefficient (Wildman–Crippen LogP) is 6.92. The summed E-state index contributed by atoms with van der Waals surface area (Å²) in [6, 6.07) is 10.2. The molecule has 0 unspecified atom stereocenters. The number of halogens is 1. The molecule has 0 saturated carbocycles. The summed E-state index contributed by atoms with van der Waals surface area (Å²) in [5.41, 5.74) is 5.28. The van der Waals surface area contributed by atoms with Crippen LogP contribution in [0.1, 0.15) is 94.0 Å². The van der Waals surface area contributed by atoms with E-state index in [4.69, 9.17) is 26.8 Å². The fourth-order valence-electron chi connectivity index (χ4n) is 4.89. The van der Waals surface area contributed by atoms with Crippen LogP contribution in [-0.4, -0.2) is 48.2 Å². The second kappa shape index (κ2) is 13.8. The van der Waals surface area contributed by atoms with Crippen LogP contribution in [0.3, 0.4) is 0 Å². The Kier molecular flexibility index (Phi) is 11.0. The average molecular weight is 598 g/mol. The molecule has 0 aliphatic heterocycles. The fraction of sp³-hybridized carbons (Fsp3) is 0.485. The highest BCUT2D eigenvalue weighted by Gasteiger charge is 2.32. The third-order valence-electron chi connectivity index (χ3n) is 6.61. The quantitative estimate of drug-likeness (QED) is 0.0950. The van der Waals surface area contributed by atoms with Crippen molar-refractivity contribution in [1.82, 2.24) is 10.6 Å². The number of unbranched alkanes of at least 4 members (excludes halogenated alkanes) is 1. The molecule has 0 aliphatic carbocycles. The largest absolute Gasteiger partial charge is 0.456 e. The number of hydrogen-bond donors (Lipinski definition) is 3. The molecule has 3 rings (SSSR count). The number of Topliss-reactive ketones (excluding diaryl/α,β-unsaturated/α-hetero) is 1. The third kappa shape index (κ3) is 8.21. The number of nitrogens with two attached hydrogens (primary N) is 1. The number of benzene rings is 3. The van der Waals surface area contributed by atoms with Crippen molar-refractivity contribution >= 4 is 51.0 Å². The topological polar surface area (TPSA) is 120 Å². The van der Waals surface area contributed by atoms with Gasteiger partial charge in [0.15, 0.2) is 5.78 Å². The number of rotatable bonds is 11. The van der Waals surface area contributed by atoms with Gasteiger partial charge in [-0.1, -0.05) is 48.9 Å². The highest BCUT2D eigenvalue weighted by molar-refractivity contribution is 6.42. The van der Waals surface area contributed by atoms with E-state index in [1.165, 1.54) is 0 Å². The van der Waals surface area contributed by atoms with Gasteiger partial charge in [0.1, 0.15) is 11.2 Å². The summed E-state index contributed by atoms with van der Waals surface area (Å²) >= 11 is 7.07. The van der Waals surface area contributed by atoms with Crippen LogP contribution in [0, 0.1) is 0 Å². The van der Waals surface area contributed by atoms with Crippen LogP contribution >= 0.6 is 11.6 Å². The summed E-state index contributed by atoms with van der Waals surface area (Å²) in [4.78, 5) is 40.9. The minimum atomic E-state index is -0.953. The number of alkyl carbamates (subject to hydrolysis) is 1. The molecule has 0 heterocycles. The van der Waals surface area contributed by atoms with Gasteiger partial charge in [-0.15, -0.1) is 0 Å². The van der Waals surface area contributed by atoms with E-state index < -0.39 is 35.1 Å². The Labute approximate surface area is 253 Å². The third-order valence-corrected chi connectivity index (χ3v) is 7.01. The minimum absolute atomic E-state index is 0.0794. The lowest BCUT2D eigenvalue weighted by Gasteiger charge is -2.25. The van der Waals surface area contributed by atoms with E-state index in [0.29, 0.717) is 42.8 Å². The standard InChI is InChI=1S/C33H44ClN3O5/c1-8-36-19-24-20-13-9-10-14-22(20)28(34)26-21(24)16-17-23(27(26)30(39)41-32(2,3)4)29(38)25(15-11-12-18-35)37-31(40)42-33(5,6)7/h9-10,13-14,16-17,25,36H,8,11-12,15,18-19,35H2,1-7H3,(H,37,40)/t25-/m0/s1. The van der Waals surface area contributed by atoms with E-state index in [1.54, 1.807) is 47.6 Å². The van der Waals surface area contributed by atoms with Crippen LogP contribution in [0.2, 0.25) is 5.02 Å². The lowest BCUT2D eigenvalue weighted by molar-refractivity contribution is 0.00699. The van der Waals surface area contributed by atoms with Crippen molar-refractivity contribution in [2.75, 3.05) is 13.1 Å². The number of ketones is 1. The number of fused-ring (bicyclic) bond motifs is 2. The summed E-state index contributed by atoms with van der Waals surface area (Å²) in [7, 11) is 0. The molecule has 228 valence electrons.